The molecular weight excluding hydrogens is 228 g/mol. The van der Waals surface area contributed by atoms with Gasteiger partial charge in [0, 0.05) is 18.7 Å². The second kappa shape index (κ2) is 4.57. The van der Waals surface area contributed by atoms with Gasteiger partial charge in [0.15, 0.2) is 5.75 Å². The van der Waals surface area contributed by atoms with Crippen molar-refractivity contribution in [3.05, 3.63) is 24.2 Å². The van der Waals surface area contributed by atoms with Gasteiger partial charge in [-0.25, -0.2) is 0 Å². The van der Waals surface area contributed by atoms with Gasteiger partial charge >= 0.3 is 0 Å². The number of methoxy groups -OCH3 is 1. The molecule has 0 spiro atoms. The molecule has 1 unspecified atom stereocenters. The summed E-state index contributed by atoms with van der Waals surface area (Å²) in [6.45, 7) is 2.23. The number of likely N-dealkylation sites (tertiary alicyclic amines) is 1. The van der Waals surface area contributed by atoms with Crippen molar-refractivity contribution in [2.45, 2.75) is 18.8 Å². The van der Waals surface area contributed by atoms with Gasteiger partial charge in [-0.2, -0.15) is 0 Å². The number of pyridine rings is 1. The Labute approximate surface area is 106 Å². The molecule has 1 aliphatic rings. The number of hydrogen-bond donors (Lipinski definition) is 0. The number of nitrogens with zero attached hydrogens (tertiary/aromatic N) is 4. The predicted molar refractivity (Wildman–Crippen MR) is 69.0 cm³/mol. The van der Waals surface area contributed by atoms with E-state index in [1.807, 2.05) is 18.3 Å². The Kier molecular flexibility index (Phi) is 2.91. The minimum absolute atomic E-state index is 0.464. The van der Waals surface area contributed by atoms with Crippen molar-refractivity contribution >= 4 is 5.65 Å². The molecule has 0 amide bonds. The van der Waals surface area contributed by atoms with E-state index in [1.165, 1.54) is 19.4 Å². The fourth-order valence-corrected chi connectivity index (χ4v) is 2.72. The van der Waals surface area contributed by atoms with Crippen LogP contribution in [-0.2, 0) is 0 Å². The van der Waals surface area contributed by atoms with Gasteiger partial charge < -0.3 is 9.64 Å². The number of hydrogen-bond acceptors (Lipinski definition) is 4. The number of fused-ring (bicyclic) bond motifs is 1. The minimum atomic E-state index is 0.464. The predicted octanol–water partition coefficient (Wildman–Crippen LogP) is 1.55. The van der Waals surface area contributed by atoms with Gasteiger partial charge in [0.2, 0.25) is 5.65 Å². The Balaban J connectivity index is 2.02. The van der Waals surface area contributed by atoms with E-state index in [0.717, 1.165) is 23.8 Å². The molecule has 0 bridgehead atoms. The van der Waals surface area contributed by atoms with Crippen molar-refractivity contribution < 1.29 is 4.74 Å². The Bertz CT molecular complexity index is 551. The first-order chi connectivity index (χ1) is 8.79. The molecule has 3 heterocycles. The first kappa shape index (κ1) is 11.5. The molecule has 2 aromatic heterocycles. The number of likely N-dealkylation sites (N-methyl/N-ethyl adjacent to an activating group) is 1. The largest absolute Gasteiger partial charge is 0.493 e. The monoisotopic (exact) mass is 246 g/mol. The highest BCUT2D eigenvalue weighted by Crippen LogP contribution is 2.27. The summed E-state index contributed by atoms with van der Waals surface area (Å²) in [5.74, 6) is 2.29. The molecule has 1 atom stereocenters. The molecule has 2 aromatic rings. The summed E-state index contributed by atoms with van der Waals surface area (Å²) >= 11 is 0. The maximum atomic E-state index is 5.32. The van der Waals surface area contributed by atoms with Crippen LogP contribution in [0.5, 0.6) is 5.75 Å². The zero-order chi connectivity index (χ0) is 12.5. The first-order valence-corrected chi connectivity index (χ1v) is 6.36. The summed E-state index contributed by atoms with van der Waals surface area (Å²) in [5, 5.41) is 8.63. The third-order valence-electron chi connectivity index (χ3n) is 3.63. The van der Waals surface area contributed by atoms with Crippen LogP contribution in [-0.4, -0.2) is 46.7 Å². The van der Waals surface area contributed by atoms with E-state index in [0.29, 0.717) is 5.92 Å². The fraction of sp³-hybridized carbons (Fsp3) is 0.538. The fourth-order valence-electron chi connectivity index (χ4n) is 2.72. The van der Waals surface area contributed by atoms with Crippen LogP contribution >= 0.6 is 0 Å². The van der Waals surface area contributed by atoms with Gasteiger partial charge in [0.25, 0.3) is 0 Å². The normalized spacial score (nSPS) is 21.3. The van der Waals surface area contributed by atoms with E-state index < -0.39 is 0 Å². The van der Waals surface area contributed by atoms with Crippen LogP contribution in [0.15, 0.2) is 18.3 Å². The molecular formula is C13H18N4O. The van der Waals surface area contributed by atoms with Crippen LogP contribution in [0.3, 0.4) is 0 Å². The van der Waals surface area contributed by atoms with Crippen LogP contribution < -0.4 is 4.74 Å². The Morgan fingerprint density at radius 2 is 2.28 bits per heavy atom. The van der Waals surface area contributed by atoms with E-state index >= 15 is 0 Å². The van der Waals surface area contributed by atoms with Gasteiger partial charge in [-0.1, -0.05) is 0 Å². The van der Waals surface area contributed by atoms with Crippen LogP contribution in [0.2, 0.25) is 0 Å². The molecule has 5 nitrogen and oxygen atoms in total. The lowest BCUT2D eigenvalue weighted by molar-refractivity contribution is 0.245. The molecule has 0 saturated carbocycles. The quantitative estimate of drug-likeness (QED) is 0.806. The molecule has 0 radical (unpaired) electrons. The first-order valence-electron chi connectivity index (χ1n) is 6.36. The Hall–Kier alpha value is -1.62. The molecule has 3 rings (SSSR count). The van der Waals surface area contributed by atoms with E-state index in [1.54, 1.807) is 7.11 Å². The number of ether oxygens (including phenoxy) is 1. The Morgan fingerprint density at radius 1 is 1.39 bits per heavy atom. The second-order valence-corrected chi connectivity index (χ2v) is 4.93. The van der Waals surface area contributed by atoms with Crippen molar-refractivity contribution in [3.63, 3.8) is 0 Å². The molecule has 0 N–H and O–H groups in total. The third-order valence-corrected chi connectivity index (χ3v) is 3.63. The van der Waals surface area contributed by atoms with E-state index in [4.69, 9.17) is 4.74 Å². The van der Waals surface area contributed by atoms with Crippen LogP contribution in [0, 0.1) is 0 Å². The highest BCUT2D eigenvalue weighted by atomic mass is 16.5. The van der Waals surface area contributed by atoms with Crippen LogP contribution in [0.25, 0.3) is 5.65 Å². The van der Waals surface area contributed by atoms with E-state index in [9.17, 15) is 0 Å². The number of aromatic nitrogens is 3. The summed E-state index contributed by atoms with van der Waals surface area (Å²) in [4.78, 5) is 2.36. The molecule has 1 saturated heterocycles. The summed E-state index contributed by atoms with van der Waals surface area (Å²) in [6, 6.07) is 3.89. The minimum Gasteiger partial charge on any atom is -0.493 e. The maximum absolute atomic E-state index is 5.32. The van der Waals surface area contributed by atoms with Crippen molar-refractivity contribution in [2.75, 3.05) is 27.2 Å². The van der Waals surface area contributed by atoms with Crippen molar-refractivity contribution in [1.82, 2.24) is 19.5 Å². The zero-order valence-electron chi connectivity index (χ0n) is 10.8. The van der Waals surface area contributed by atoms with Gasteiger partial charge in [-0.15, -0.1) is 10.2 Å². The van der Waals surface area contributed by atoms with Crippen molar-refractivity contribution in [1.29, 1.82) is 0 Å². The number of rotatable bonds is 2. The molecule has 1 aliphatic heterocycles. The molecule has 18 heavy (non-hydrogen) atoms. The van der Waals surface area contributed by atoms with Gasteiger partial charge in [0.05, 0.1) is 7.11 Å². The summed E-state index contributed by atoms with van der Waals surface area (Å²) in [6.07, 6.45) is 4.42. The Morgan fingerprint density at radius 3 is 3.06 bits per heavy atom. The maximum Gasteiger partial charge on any atom is 0.203 e. The smallest absolute Gasteiger partial charge is 0.203 e. The van der Waals surface area contributed by atoms with Crippen molar-refractivity contribution in [2.24, 2.45) is 0 Å². The molecule has 1 fully saturated rings. The average Bonchev–Trinajstić information content (AvgIpc) is 2.82. The lowest BCUT2D eigenvalue weighted by atomic mass is 9.98. The third kappa shape index (κ3) is 1.84. The van der Waals surface area contributed by atoms with Gasteiger partial charge in [-0.05, 0) is 38.6 Å². The lowest BCUT2D eigenvalue weighted by Crippen LogP contribution is -2.31. The zero-order valence-corrected chi connectivity index (χ0v) is 10.8. The summed E-state index contributed by atoms with van der Waals surface area (Å²) < 4.78 is 7.37. The average molecular weight is 246 g/mol. The molecule has 96 valence electrons. The highest BCUT2D eigenvalue weighted by molar-refractivity contribution is 5.53. The molecule has 0 aromatic carbocycles. The summed E-state index contributed by atoms with van der Waals surface area (Å²) in [7, 11) is 3.83. The second-order valence-electron chi connectivity index (χ2n) is 4.93. The lowest BCUT2D eigenvalue weighted by Gasteiger charge is -2.28. The van der Waals surface area contributed by atoms with Gasteiger partial charge in [-0.3, -0.25) is 4.40 Å². The van der Waals surface area contributed by atoms with Gasteiger partial charge in [0.1, 0.15) is 5.82 Å². The standard InChI is InChI=1S/C13H18N4O/c1-16-7-3-5-10(9-16)12-14-15-13-11(18-2)6-4-8-17(12)13/h4,6,8,10H,3,5,7,9H2,1-2H3. The van der Waals surface area contributed by atoms with Crippen LogP contribution in [0.4, 0.5) is 0 Å². The van der Waals surface area contributed by atoms with E-state index in [2.05, 4.69) is 26.5 Å². The highest BCUT2D eigenvalue weighted by Gasteiger charge is 2.23. The van der Waals surface area contributed by atoms with Crippen molar-refractivity contribution in [3.8, 4) is 5.75 Å². The number of piperidine rings is 1. The molecule has 5 heteroatoms. The topological polar surface area (TPSA) is 42.7 Å². The van der Waals surface area contributed by atoms with E-state index in [-0.39, 0.29) is 0 Å². The SMILES string of the molecule is COc1cccn2c(C3CCCN(C)C3)nnc12. The molecule has 0 aliphatic carbocycles. The van der Waals surface area contributed by atoms with Crippen LogP contribution in [0.1, 0.15) is 24.6 Å². The summed E-state index contributed by atoms with van der Waals surface area (Å²) in [5.41, 5.74) is 0.809.